The number of anilines is 1. The normalized spacial score (nSPS) is 17.8. The van der Waals surface area contributed by atoms with Gasteiger partial charge in [-0.25, -0.2) is 9.97 Å². The first-order valence-corrected chi connectivity index (χ1v) is 9.58. The number of hydrogen-bond acceptors (Lipinski definition) is 5. The van der Waals surface area contributed by atoms with Crippen molar-refractivity contribution >= 4 is 16.7 Å². The number of H-pyrrole nitrogens is 1. The van der Waals surface area contributed by atoms with Crippen molar-refractivity contribution in [1.29, 1.82) is 0 Å². The van der Waals surface area contributed by atoms with Crippen LogP contribution in [0, 0.1) is 6.92 Å². The van der Waals surface area contributed by atoms with E-state index in [9.17, 15) is 5.11 Å². The molecule has 6 nitrogen and oxygen atoms in total. The molecule has 1 atom stereocenters. The number of hydrogen-bond donors (Lipinski definition) is 2. The molecule has 1 aromatic carbocycles. The Morgan fingerprint density at radius 2 is 2.19 bits per heavy atom. The van der Waals surface area contributed by atoms with Gasteiger partial charge in [-0.15, -0.1) is 0 Å². The molecule has 0 aliphatic carbocycles. The van der Waals surface area contributed by atoms with Crippen LogP contribution < -0.4 is 4.90 Å². The van der Waals surface area contributed by atoms with Gasteiger partial charge in [-0.05, 0) is 45.0 Å². The second-order valence-electron chi connectivity index (χ2n) is 7.62. The van der Waals surface area contributed by atoms with E-state index in [1.807, 2.05) is 6.20 Å². The Balaban J connectivity index is 1.67. The lowest BCUT2D eigenvalue weighted by Crippen LogP contribution is -2.39. The van der Waals surface area contributed by atoms with E-state index in [0.717, 1.165) is 55.0 Å². The van der Waals surface area contributed by atoms with Crippen LogP contribution in [0.5, 0.6) is 0 Å². The SMILES string of the molecule is Cc1ccc2nc(N3CCCC(O)C3)c(CN(C)Cc3ncc[nH]3)cc2c1. The molecule has 3 aromatic rings. The predicted molar refractivity (Wildman–Crippen MR) is 108 cm³/mol. The first-order chi connectivity index (χ1) is 13.1. The average Bonchev–Trinajstić information content (AvgIpc) is 3.14. The second-order valence-corrected chi connectivity index (χ2v) is 7.62. The number of nitrogens with one attached hydrogen (secondary N) is 1. The third-order valence-electron chi connectivity index (χ3n) is 5.14. The van der Waals surface area contributed by atoms with Gasteiger partial charge >= 0.3 is 0 Å². The minimum atomic E-state index is -0.275. The molecular formula is C21H27N5O. The highest BCUT2D eigenvalue weighted by Gasteiger charge is 2.22. The van der Waals surface area contributed by atoms with Crippen molar-refractivity contribution < 1.29 is 5.11 Å². The van der Waals surface area contributed by atoms with Crippen LogP contribution in [0.2, 0.25) is 0 Å². The fourth-order valence-electron chi connectivity index (χ4n) is 3.85. The van der Waals surface area contributed by atoms with Crippen molar-refractivity contribution in [1.82, 2.24) is 19.9 Å². The van der Waals surface area contributed by atoms with Crippen molar-refractivity contribution in [2.24, 2.45) is 0 Å². The van der Waals surface area contributed by atoms with Gasteiger partial charge in [0, 0.05) is 43.0 Å². The molecule has 0 radical (unpaired) electrons. The van der Waals surface area contributed by atoms with Crippen LogP contribution in [-0.2, 0) is 13.1 Å². The van der Waals surface area contributed by atoms with Crippen LogP contribution in [0.1, 0.15) is 29.8 Å². The van der Waals surface area contributed by atoms with Crippen LogP contribution in [0.3, 0.4) is 0 Å². The highest BCUT2D eigenvalue weighted by atomic mass is 16.3. The average molecular weight is 365 g/mol. The van der Waals surface area contributed by atoms with E-state index in [1.165, 1.54) is 11.1 Å². The summed E-state index contributed by atoms with van der Waals surface area (Å²) in [5, 5.41) is 11.3. The van der Waals surface area contributed by atoms with E-state index in [1.54, 1.807) is 6.20 Å². The summed E-state index contributed by atoms with van der Waals surface area (Å²) in [5.74, 6) is 1.95. The molecule has 1 saturated heterocycles. The Kier molecular flexibility index (Phi) is 5.09. The van der Waals surface area contributed by atoms with Crippen molar-refractivity contribution in [3.8, 4) is 0 Å². The molecule has 1 unspecified atom stereocenters. The lowest BCUT2D eigenvalue weighted by molar-refractivity contribution is 0.153. The molecule has 2 aromatic heterocycles. The Bertz CT molecular complexity index is 908. The number of nitrogens with zero attached hydrogens (tertiary/aromatic N) is 4. The number of piperidine rings is 1. The maximum Gasteiger partial charge on any atom is 0.133 e. The number of pyridine rings is 1. The second kappa shape index (κ2) is 7.66. The fraction of sp³-hybridized carbons (Fsp3) is 0.429. The molecule has 1 aliphatic rings. The number of aromatic amines is 1. The molecule has 0 bridgehead atoms. The van der Waals surface area contributed by atoms with Gasteiger partial charge in [-0.2, -0.15) is 0 Å². The monoisotopic (exact) mass is 365 g/mol. The number of aromatic nitrogens is 3. The third-order valence-corrected chi connectivity index (χ3v) is 5.14. The number of rotatable bonds is 5. The van der Waals surface area contributed by atoms with Gasteiger partial charge in [-0.1, -0.05) is 11.6 Å². The summed E-state index contributed by atoms with van der Waals surface area (Å²) >= 11 is 0. The van der Waals surface area contributed by atoms with Crippen LogP contribution in [0.4, 0.5) is 5.82 Å². The minimum absolute atomic E-state index is 0.275. The first-order valence-electron chi connectivity index (χ1n) is 9.58. The molecule has 6 heteroatoms. The Morgan fingerprint density at radius 3 is 2.96 bits per heavy atom. The van der Waals surface area contributed by atoms with Gasteiger partial charge in [0.15, 0.2) is 0 Å². The van der Waals surface area contributed by atoms with E-state index in [-0.39, 0.29) is 6.10 Å². The summed E-state index contributed by atoms with van der Waals surface area (Å²) in [6.45, 7) is 5.23. The van der Waals surface area contributed by atoms with Crippen molar-refractivity contribution in [2.45, 2.75) is 39.0 Å². The molecule has 0 spiro atoms. The summed E-state index contributed by atoms with van der Waals surface area (Å²) < 4.78 is 0. The van der Waals surface area contributed by atoms with Crippen LogP contribution in [0.25, 0.3) is 10.9 Å². The molecule has 1 aliphatic heterocycles. The molecule has 27 heavy (non-hydrogen) atoms. The molecular weight excluding hydrogens is 338 g/mol. The number of imidazole rings is 1. The lowest BCUT2D eigenvalue weighted by atomic mass is 10.1. The fourth-order valence-corrected chi connectivity index (χ4v) is 3.85. The minimum Gasteiger partial charge on any atom is -0.391 e. The van der Waals surface area contributed by atoms with Crippen molar-refractivity contribution in [3.05, 3.63) is 53.6 Å². The highest BCUT2D eigenvalue weighted by molar-refractivity contribution is 5.82. The molecule has 4 rings (SSSR count). The number of fused-ring (bicyclic) bond motifs is 1. The largest absolute Gasteiger partial charge is 0.391 e. The maximum atomic E-state index is 10.1. The van der Waals surface area contributed by atoms with Gasteiger partial charge in [0.2, 0.25) is 0 Å². The van der Waals surface area contributed by atoms with E-state index >= 15 is 0 Å². The zero-order valence-electron chi connectivity index (χ0n) is 16.0. The summed E-state index contributed by atoms with van der Waals surface area (Å²) in [7, 11) is 2.10. The van der Waals surface area contributed by atoms with Crippen LogP contribution in [-0.4, -0.2) is 51.2 Å². The molecule has 142 valence electrons. The topological polar surface area (TPSA) is 68.3 Å². The third kappa shape index (κ3) is 4.12. The molecule has 1 fully saturated rings. The highest BCUT2D eigenvalue weighted by Crippen LogP contribution is 2.28. The standard InChI is InChI=1S/C21H27N5O/c1-15-5-6-19-16(10-15)11-17(12-25(2)14-20-22-7-8-23-20)21(24-19)26-9-3-4-18(27)13-26/h5-8,10-11,18,27H,3-4,9,12-14H2,1-2H3,(H,22,23). The van der Waals surface area contributed by atoms with Gasteiger partial charge in [0.25, 0.3) is 0 Å². The Hall–Kier alpha value is -2.44. The predicted octanol–water partition coefficient (Wildman–Crippen LogP) is 2.86. The van der Waals surface area contributed by atoms with Gasteiger partial charge in [0.05, 0.1) is 18.2 Å². The van der Waals surface area contributed by atoms with Crippen molar-refractivity contribution in [2.75, 3.05) is 25.0 Å². The van der Waals surface area contributed by atoms with E-state index in [2.05, 4.69) is 58.0 Å². The summed E-state index contributed by atoms with van der Waals surface area (Å²) in [6, 6.07) is 8.63. The van der Waals surface area contributed by atoms with E-state index in [0.29, 0.717) is 6.54 Å². The molecule has 3 heterocycles. The number of aliphatic hydroxyl groups excluding tert-OH is 1. The van der Waals surface area contributed by atoms with E-state index in [4.69, 9.17) is 4.98 Å². The van der Waals surface area contributed by atoms with Crippen LogP contribution in [0.15, 0.2) is 36.7 Å². The van der Waals surface area contributed by atoms with Crippen LogP contribution >= 0.6 is 0 Å². The van der Waals surface area contributed by atoms with Crippen molar-refractivity contribution in [3.63, 3.8) is 0 Å². The summed E-state index contributed by atoms with van der Waals surface area (Å²) in [6.07, 6.45) is 5.23. The summed E-state index contributed by atoms with van der Waals surface area (Å²) in [5.41, 5.74) is 3.43. The maximum absolute atomic E-state index is 10.1. The molecule has 0 saturated carbocycles. The zero-order valence-corrected chi connectivity index (χ0v) is 16.0. The Morgan fingerprint density at radius 1 is 1.30 bits per heavy atom. The number of aliphatic hydroxyl groups is 1. The van der Waals surface area contributed by atoms with Gasteiger partial charge in [0.1, 0.15) is 11.6 Å². The number of β-amino-alcohol motifs (C(OH)–C–C–N with tert-alkyl or cyclic N) is 1. The lowest BCUT2D eigenvalue weighted by Gasteiger charge is -2.33. The number of aryl methyl sites for hydroxylation is 1. The molecule has 0 amide bonds. The zero-order chi connectivity index (χ0) is 18.8. The number of benzene rings is 1. The Labute approximate surface area is 159 Å². The quantitative estimate of drug-likeness (QED) is 0.728. The smallest absolute Gasteiger partial charge is 0.133 e. The van der Waals surface area contributed by atoms with E-state index < -0.39 is 0 Å². The summed E-state index contributed by atoms with van der Waals surface area (Å²) in [4.78, 5) is 17.0. The first kappa shape index (κ1) is 17.9. The van der Waals surface area contributed by atoms with Gasteiger partial charge < -0.3 is 15.0 Å². The molecule has 2 N–H and O–H groups in total. The van der Waals surface area contributed by atoms with Gasteiger partial charge in [-0.3, -0.25) is 4.90 Å².